The molecule has 23 heavy (non-hydrogen) atoms. The van der Waals surface area contributed by atoms with E-state index >= 15 is 0 Å². The van der Waals surface area contributed by atoms with Crippen LogP contribution in [0.25, 0.3) is 0 Å². The molecule has 1 atom stereocenters. The number of nitrogens with zero attached hydrogens (tertiary/aromatic N) is 3. The summed E-state index contributed by atoms with van der Waals surface area (Å²) in [5.74, 6) is 0.909. The lowest BCUT2D eigenvalue weighted by molar-refractivity contribution is -0.117. The maximum atomic E-state index is 12.6. The third-order valence-electron chi connectivity index (χ3n) is 3.95. The Hall–Kier alpha value is -1.95. The SMILES string of the molecule is Cc1ccc(N2CCC(Nc3nc(C(C)(C)C)ns3)C2=O)cc1. The fraction of sp³-hybridized carbons (Fsp3) is 0.471. The molecular weight excluding hydrogens is 308 g/mol. The number of aromatic nitrogens is 2. The molecule has 1 aromatic heterocycles. The topological polar surface area (TPSA) is 58.1 Å². The average Bonchev–Trinajstić information content (AvgIpc) is 3.09. The summed E-state index contributed by atoms with van der Waals surface area (Å²) < 4.78 is 4.38. The van der Waals surface area contributed by atoms with Gasteiger partial charge in [-0.25, -0.2) is 4.98 Å². The summed E-state index contributed by atoms with van der Waals surface area (Å²) in [4.78, 5) is 19.0. The summed E-state index contributed by atoms with van der Waals surface area (Å²) in [7, 11) is 0. The van der Waals surface area contributed by atoms with Gasteiger partial charge in [0.25, 0.3) is 0 Å². The number of benzene rings is 1. The molecule has 2 heterocycles. The highest BCUT2D eigenvalue weighted by Gasteiger charge is 2.33. The molecule has 1 aliphatic rings. The number of rotatable bonds is 3. The van der Waals surface area contributed by atoms with Crippen LogP contribution in [-0.2, 0) is 10.2 Å². The number of anilines is 2. The summed E-state index contributed by atoms with van der Waals surface area (Å²) in [6.45, 7) is 9.02. The monoisotopic (exact) mass is 330 g/mol. The zero-order chi connectivity index (χ0) is 16.6. The van der Waals surface area contributed by atoms with E-state index in [-0.39, 0.29) is 17.4 Å². The first-order chi connectivity index (χ1) is 10.8. The van der Waals surface area contributed by atoms with Gasteiger partial charge in [0.05, 0.1) is 0 Å². The van der Waals surface area contributed by atoms with Gasteiger partial charge < -0.3 is 10.2 Å². The Morgan fingerprint density at radius 2 is 1.96 bits per heavy atom. The van der Waals surface area contributed by atoms with Crippen molar-refractivity contribution in [3.05, 3.63) is 35.7 Å². The van der Waals surface area contributed by atoms with Gasteiger partial charge in [0.15, 0.2) is 0 Å². The normalized spacial score (nSPS) is 18.5. The zero-order valence-corrected chi connectivity index (χ0v) is 14.8. The third-order valence-corrected chi connectivity index (χ3v) is 4.59. The first kappa shape index (κ1) is 15.9. The van der Waals surface area contributed by atoms with Crippen molar-refractivity contribution < 1.29 is 4.79 Å². The Morgan fingerprint density at radius 1 is 1.26 bits per heavy atom. The molecule has 1 N–H and O–H groups in total. The van der Waals surface area contributed by atoms with Crippen LogP contribution in [0.15, 0.2) is 24.3 Å². The van der Waals surface area contributed by atoms with Crippen molar-refractivity contribution >= 4 is 28.3 Å². The average molecular weight is 330 g/mol. The Morgan fingerprint density at radius 3 is 2.57 bits per heavy atom. The molecule has 2 aromatic rings. The van der Waals surface area contributed by atoms with Crippen molar-refractivity contribution in [2.75, 3.05) is 16.8 Å². The fourth-order valence-corrected chi connectivity index (χ4v) is 3.34. The quantitative estimate of drug-likeness (QED) is 0.937. The number of carbonyl (C=O) groups excluding carboxylic acids is 1. The number of amides is 1. The standard InChI is InChI=1S/C17H22N4OS/c1-11-5-7-12(8-6-11)21-10-9-13(14(21)22)18-16-19-15(20-23-16)17(2,3)4/h5-8,13H,9-10H2,1-4H3,(H,18,19,20). The molecule has 0 spiro atoms. The van der Waals surface area contributed by atoms with Crippen LogP contribution in [0.1, 0.15) is 38.6 Å². The van der Waals surface area contributed by atoms with E-state index in [9.17, 15) is 4.79 Å². The third kappa shape index (κ3) is 3.37. The highest BCUT2D eigenvalue weighted by molar-refractivity contribution is 7.09. The number of hydrogen-bond acceptors (Lipinski definition) is 5. The van der Waals surface area contributed by atoms with Crippen molar-refractivity contribution in [3.63, 3.8) is 0 Å². The second-order valence-corrected chi connectivity index (χ2v) is 7.74. The van der Waals surface area contributed by atoms with E-state index in [2.05, 4.69) is 35.4 Å². The van der Waals surface area contributed by atoms with E-state index in [1.807, 2.05) is 36.1 Å². The molecule has 1 unspecified atom stereocenters. The van der Waals surface area contributed by atoms with Crippen molar-refractivity contribution in [2.24, 2.45) is 0 Å². The van der Waals surface area contributed by atoms with Crippen LogP contribution in [0.3, 0.4) is 0 Å². The van der Waals surface area contributed by atoms with Crippen LogP contribution < -0.4 is 10.2 Å². The van der Waals surface area contributed by atoms with Crippen LogP contribution >= 0.6 is 11.5 Å². The van der Waals surface area contributed by atoms with Crippen molar-refractivity contribution in [3.8, 4) is 0 Å². The molecule has 3 rings (SSSR count). The van der Waals surface area contributed by atoms with E-state index < -0.39 is 0 Å². The van der Waals surface area contributed by atoms with Crippen molar-refractivity contribution in [2.45, 2.75) is 45.6 Å². The smallest absolute Gasteiger partial charge is 0.249 e. The van der Waals surface area contributed by atoms with Gasteiger partial charge in [-0.2, -0.15) is 4.37 Å². The minimum atomic E-state index is -0.225. The largest absolute Gasteiger partial charge is 0.348 e. The maximum Gasteiger partial charge on any atom is 0.249 e. The Kier molecular flexibility index (Phi) is 4.10. The van der Waals surface area contributed by atoms with E-state index in [1.165, 1.54) is 17.1 Å². The summed E-state index contributed by atoms with van der Waals surface area (Å²) in [5, 5.41) is 3.97. The zero-order valence-electron chi connectivity index (χ0n) is 14.0. The van der Waals surface area contributed by atoms with Crippen LogP contribution in [-0.4, -0.2) is 27.9 Å². The molecule has 0 bridgehead atoms. The Bertz CT molecular complexity index is 702. The summed E-state index contributed by atoms with van der Waals surface area (Å²) in [6, 6.07) is 7.83. The number of carbonyl (C=O) groups is 1. The van der Waals surface area contributed by atoms with Gasteiger partial charge in [-0.05, 0) is 25.5 Å². The minimum absolute atomic E-state index is 0.0793. The Balaban J connectivity index is 1.70. The second-order valence-electron chi connectivity index (χ2n) is 6.98. The predicted octanol–water partition coefficient (Wildman–Crippen LogP) is 3.36. The van der Waals surface area contributed by atoms with Gasteiger partial charge in [0, 0.05) is 29.2 Å². The van der Waals surface area contributed by atoms with Gasteiger partial charge >= 0.3 is 0 Å². The van der Waals surface area contributed by atoms with Gasteiger partial charge in [0.2, 0.25) is 11.0 Å². The summed E-state index contributed by atoms with van der Waals surface area (Å²) in [6.07, 6.45) is 0.775. The summed E-state index contributed by atoms with van der Waals surface area (Å²) in [5.41, 5.74) is 2.07. The van der Waals surface area contributed by atoms with E-state index in [4.69, 9.17) is 0 Å². The lowest BCUT2D eigenvalue weighted by atomic mass is 9.96. The molecule has 1 saturated heterocycles. The van der Waals surface area contributed by atoms with E-state index in [0.717, 1.165) is 29.6 Å². The molecule has 0 radical (unpaired) electrons. The molecular formula is C17H22N4OS. The predicted molar refractivity (Wildman–Crippen MR) is 94.2 cm³/mol. The molecule has 0 saturated carbocycles. The number of hydrogen-bond donors (Lipinski definition) is 1. The highest BCUT2D eigenvalue weighted by Crippen LogP contribution is 2.27. The summed E-state index contributed by atoms with van der Waals surface area (Å²) >= 11 is 1.32. The van der Waals surface area contributed by atoms with Crippen LogP contribution in [0.5, 0.6) is 0 Å². The van der Waals surface area contributed by atoms with Gasteiger partial charge in [0.1, 0.15) is 11.9 Å². The molecule has 1 aliphatic heterocycles. The van der Waals surface area contributed by atoms with Gasteiger partial charge in [-0.1, -0.05) is 38.5 Å². The van der Waals surface area contributed by atoms with Gasteiger partial charge in [-0.3, -0.25) is 4.79 Å². The lowest BCUT2D eigenvalue weighted by Crippen LogP contribution is -2.33. The van der Waals surface area contributed by atoms with Crippen LogP contribution in [0.2, 0.25) is 0 Å². The Labute approximate surface area is 140 Å². The van der Waals surface area contributed by atoms with Crippen LogP contribution in [0.4, 0.5) is 10.8 Å². The molecule has 122 valence electrons. The number of nitrogens with one attached hydrogen (secondary N) is 1. The molecule has 0 aliphatic carbocycles. The van der Waals surface area contributed by atoms with Crippen molar-refractivity contribution in [1.82, 2.24) is 9.36 Å². The van der Waals surface area contributed by atoms with Gasteiger partial charge in [-0.15, -0.1) is 0 Å². The lowest BCUT2D eigenvalue weighted by Gasteiger charge is -2.17. The molecule has 1 aromatic carbocycles. The number of aryl methyl sites for hydroxylation is 1. The van der Waals surface area contributed by atoms with E-state index in [0.29, 0.717) is 0 Å². The first-order valence-corrected chi connectivity index (χ1v) is 8.61. The second kappa shape index (κ2) is 5.92. The van der Waals surface area contributed by atoms with Crippen molar-refractivity contribution in [1.29, 1.82) is 0 Å². The molecule has 1 amide bonds. The highest BCUT2D eigenvalue weighted by atomic mass is 32.1. The van der Waals surface area contributed by atoms with Crippen LogP contribution in [0, 0.1) is 6.92 Å². The molecule has 6 heteroatoms. The minimum Gasteiger partial charge on any atom is -0.348 e. The molecule has 1 fully saturated rings. The first-order valence-electron chi connectivity index (χ1n) is 7.83. The molecule has 5 nitrogen and oxygen atoms in total. The fourth-order valence-electron chi connectivity index (χ4n) is 2.53. The maximum absolute atomic E-state index is 12.6. The van der Waals surface area contributed by atoms with E-state index in [1.54, 1.807) is 0 Å².